The SMILES string of the molecule is N=c1c[n+](N2CCN(C(c3ccccc3)c3ccccc3)CC2)[n-]o1. The Bertz CT molecular complexity index is 811. The molecule has 0 aliphatic carbocycles. The number of hydrogen-bond donors (Lipinski definition) is 1. The first kappa shape index (κ1) is 15.7. The topological polar surface area (TPSA) is 61.5 Å². The molecule has 1 saturated heterocycles. The molecule has 2 aromatic carbocycles. The fourth-order valence-corrected chi connectivity index (χ4v) is 3.43. The van der Waals surface area contributed by atoms with Crippen LogP contribution in [-0.2, 0) is 0 Å². The minimum absolute atomic E-state index is 0.0777. The van der Waals surface area contributed by atoms with E-state index in [9.17, 15) is 0 Å². The van der Waals surface area contributed by atoms with Gasteiger partial charge in [0.15, 0.2) is 0 Å². The summed E-state index contributed by atoms with van der Waals surface area (Å²) in [5, 5.41) is 13.5. The molecule has 128 valence electrons. The van der Waals surface area contributed by atoms with Crippen molar-refractivity contribution in [2.24, 2.45) is 0 Å². The predicted molar refractivity (Wildman–Crippen MR) is 92.3 cm³/mol. The molecule has 0 saturated carbocycles. The maximum absolute atomic E-state index is 7.48. The van der Waals surface area contributed by atoms with Crippen molar-refractivity contribution in [1.82, 2.24) is 10.2 Å². The first-order valence-corrected chi connectivity index (χ1v) is 8.51. The third kappa shape index (κ3) is 3.34. The maximum atomic E-state index is 7.48. The zero-order chi connectivity index (χ0) is 17.1. The molecular formula is C19H21N5O. The summed E-state index contributed by atoms with van der Waals surface area (Å²) in [6.07, 6.45) is 1.60. The van der Waals surface area contributed by atoms with Crippen molar-refractivity contribution >= 4 is 0 Å². The highest BCUT2D eigenvalue weighted by molar-refractivity contribution is 5.32. The van der Waals surface area contributed by atoms with Gasteiger partial charge in [-0.25, -0.2) is 0 Å². The zero-order valence-corrected chi connectivity index (χ0v) is 14.0. The van der Waals surface area contributed by atoms with Crippen LogP contribution in [0, 0.1) is 5.41 Å². The van der Waals surface area contributed by atoms with Gasteiger partial charge in [-0.1, -0.05) is 65.5 Å². The van der Waals surface area contributed by atoms with Crippen LogP contribution in [0.4, 0.5) is 0 Å². The number of benzene rings is 2. The van der Waals surface area contributed by atoms with Crippen molar-refractivity contribution in [2.45, 2.75) is 6.04 Å². The van der Waals surface area contributed by atoms with Gasteiger partial charge in [0.1, 0.15) is 0 Å². The molecule has 1 N–H and O–H groups in total. The Morgan fingerprint density at radius 2 is 1.44 bits per heavy atom. The summed E-state index contributed by atoms with van der Waals surface area (Å²) in [5.74, 6) is 0. The molecule has 2 heterocycles. The van der Waals surface area contributed by atoms with Crippen LogP contribution < -0.4 is 20.6 Å². The van der Waals surface area contributed by atoms with Crippen LogP contribution in [0.1, 0.15) is 17.2 Å². The van der Waals surface area contributed by atoms with Gasteiger partial charge in [-0.2, -0.15) is 0 Å². The molecule has 1 fully saturated rings. The van der Waals surface area contributed by atoms with E-state index in [1.54, 1.807) is 11.0 Å². The van der Waals surface area contributed by atoms with Crippen LogP contribution in [-0.4, -0.2) is 31.1 Å². The van der Waals surface area contributed by atoms with Gasteiger partial charge in [-0.3, -0.25) is 15.3 Å². The standard InChI is InChI=1S/C19H21N5O/c20-18-15-24(21-25-18)23-13-11-22(12-14-23)19(16-7-3-1-4-8-16)17-9-5-2-6-10-17/h1-10,15,19-20H,11-14H2. The molecule has 0 bridgehead atoms. The van der Waals surface area contributed by atoms with Gasteiger partial charge in [-0.05, 0) is 16.4 Å². The lowest BCUT2D eigenvalue weighted by molar-refractivity contribution is -0.764. The van der Waals surface area contributed by atoms with Crippen LogP contribution in [0.3, 0.4) is 0 Å². The van der Waals surface area contributed by atoms with Gasteiger partial charge < -0.3 is 4.52 Å². The lowest BCUT2D eigenvalue weighted by atomic mass is 9.96. The van der Waals surface area contributed by atoms with Gasteiger partial charge >= 0.3 is 0 Å². The molecule has 6 nitrogen and oxygen atoms in total. The summed E-state index contributed by atoms with van der Waals surface area (Å²) in [4.78, 5) is 4.14. The van der Waals surface area contributed by atoms with E-state index in [1.807, 2.05) is 0 Å². The average molecular weight is 335 g/mol. The van der Waals surface area contributed by atoms with E-state index in [0.29, 0.717) is 0 Å². The minimum atomic E-state index is 0.0777. The van der Waals surface area contributed by atoms with Crippen LogP contribution in [0.15, 0.2) is 71.4 Å². The van der Waals surface area contributed by atoms with Crippen molar-refractivity contribution in [3.05, 3.63) is 83.5 Å². The Kier molecular flexibility index (Phi) is 4.35. The van der Waals surface area contributed by atoms with E-state index in [2.05, 4.69) is 75.8 Å². The van der Waals surface area contributed by atoms with Crippen molar-refractivity contribution < 1.29 is 9.31 Å². The minimum Gasteiger partial charge on any atom is -0.380 e. The molecule has 1 aromatic heterocycles. The first-order chi connectivity index (χ1) is 12.3. The Morgan fingerprint density at radius 3 is 1.92 bits per heavy atom. The Hall–Kier alpha value is -2.86. The second-order valence-corrected chi connectivity index (χ2v) is 6.20. The molecular weight excluding hydrogens is 314 g/mol. The molecule has 25 heavy (non-hydrogen) atoms. The van der Waals surface area contributed by atoms with Crippen LogP contribution in [0.2, 0.25) is 0 Å². The summed E-state index contributed by atoms with van der Waals surface area (Å²) in [7, 11) is 0. The fraction of sp³-hybridized carbons (Fsp3) is 0.263. The second-order valence-electron chi connectivity index (χ2n) is 6.20. The van der Waals surface area contributed by atoms with Gasteiger partial charge in [-0.15, -0.1) is 0 Å². The normalized spacial score (nSPS) is 15.6. The number of piperazine rings is 1. The van der Waals surface area contributed by atoms with Gasteiger partial charge in [0.05, 0.1) is 6.04 Å². The summed E-state index contributed by atoms with van der Waals surface area (Å²) in [6.45, 7) is 3.52. The lowest BCUT2D eigenvalue weighted by Crippen LogP contribution is -2.66. The average Bonchev–Trinajstić information content (AvgIpc) is 3.11. The fourth-order valence-electron chi connectivity index (χ4n) is 3.43. The molecule has 0 atom stereocenters. The second kappa shape index (κ2) is 6.94. The van der Waals surface area contributed by atoms with E-state index in [-0.39, 0.29) is 11.6 Å². The lowest BCUT2D eigenvalue weighted by Gasteiger charge is -2.40. The quantitative estimate of drug-likeness (QED) is 0.724. The number of nitrogens with zero attached hydrogens (tertiary/aromatic N) is 4. The highest BCUT2D eigenvalue weighted by atomic mass is 16.5. The Balaban J connectivity index is 1.56. The highest BCUT2D eigenvalue weighted by Gasteiger charge is 2.26. The van der Waals surface area contributed by atoms with E-state index < -0.39 is 0 Å². The number of nitrogens with one attached hydrogen (secondary N) is 1. The molecule has 6 heteroatoms. The number of hydrogen-bond acceptors (Lipinski definition) is 4. The van der Waals surface area contributed by atoms with Crippen molar-refractivity contribution in [2.75, 3.05) is 31.2 Å². The van der Waals surface area contributed by atoms with E-state index in [0.717, 1.165) is 26.2 Å². The van der Waals surface area contributed by atoms with E-state index in [4.69, 9.17) is 9.93 Å². The summed E-state index contributed by atoms with van der Waals surface area (Å²) >= 11 is 0. The Morgan fingerprint density at radius 1 is 0.880 bits per heavy atom. The molecule has 1 aliphatic rings. The van der Waals surface area contributed by atoms with Crippen LogP contribution >= 0.6 is 0 Å². The summed E-state index contributed by atoms with van der Waals surface area (Å²) < 4.78 is 4.86. The number of aromatic nitrogens is 2. The number of rotatable bonds is 4. The monoisotopic (exact) mass is 335 g/mol. The first-order valence-electron chi connectivity index (χ1n) is 8.51. The van der Waals surface area contributed by atoms with Gasteiger partial charge in [0.2, 0.25) is 0 Å². The predicted octanol–water partition coefficient (Wildman–Crippen LogP) is 1.05. The van der Waals surface area contributed by atoms with Crippen molar-refractivity contribution in [1.29, 1.82) is 5.41 Å². The van der Waals surface area contributed by atoms with Gasteiger partial charge in [0, 0.05) is 26.2 Å². The smallest absolute Gasteiger partial charge is 0.286 e. The third-order valence-electron chi connectivity index (χ3n) is 4.63. The van der Waals surface area contributed by atoms with Gasteiger partial charge in [0.25, 0.3) is 11.8 Å². The zero-order valence-electron chi connectivity index (χ0n) is 14.0. The van der Waals surface area contributed by atoms with E-state index >= 15 is 0 Å². The third-order valence-corrected chi connectivity index (χ3v) is 4.63. The highest BCUT2D eigenvalue weighted by Crippen LogP contribution is 2.28. The van der Waals surface area contributed by atoms with Crippen molar-refractivity contribution in [3.63, 3.8) is 0 Å². The maximum Gasteiger partial charge on any atom is 0.286 e. The van der Waals surface area contributed by atoms with Crippen molar-refractivity contribution in [3.8, 4) is 0 Å². The summed E-state index contributed by atoms with van der Waals surface area (Å²) in [5.41, 5.74) is 2.70. The molecule has 0 amide bonds. The molecule has 0 unspecified atom stereocenters. The molecule has 1 aliphatic heterocycles. The van der Waals surface area contributed by atoms with Crippen LogP contribution in [0.5, 0.6) is 0 Å². The largest absolute Gasteiger partial charge is 0.380 e. The molecule has 0 radical (unpaired) electrons. The molecule has 3 aromatic rings. The molecule has 0 spiro atoms. The Labute approximate surface area is 146 Å². The van der Waals surface area contributed by atoms with E-state index in [1.165, 1.54) is 11.1 Å². The van der Waals surface area contributed by atoms with Crippen LogP contribution in [0.25, 0.3) is 0 Å². The summed E-state index contributed by atoms with van der Waals surface area (Å²) in [6, 6.07) is 21.6. The molecule has 4 rings (SSSR count).